The van der Waals surface area contributed by atoms with Crippen LogP contribution in [0.3, 0.4) is 0 Å². The number of alkyl halides is 3. The molecule has 0 saturated carbocycles. The van der Waals surface area contributed by atoms with Crippen LogP contribution in [0.2, 0.25) is 0 Å². The van der Waals surface area contributed by atoms with Gasteiger partial charge in [-0.25, -0.2) is 0 Å². The van der Waals surface area contributed by atoms with Crippen molar-refractivity contribution in [1.82, 2.24) is 0 Å². The van der Waals surface area contributed by atoms with Crippen molar-refractivity contribution >= 4 is 0 Å². The number of ether oxygens (including phenoxy) is 1. The molecule has 68 valence electrons. The number of hydrogen-bond acceptors (Lipinski definition) is 1. The highest BCUT2D eigenvalue weighted by Gasteiger charge is 2.47. The highest BCUT2D eigenvalue weighted by atomic mass is 19.4. The zero-order valence-electron chi connectivity index (χ0n) is 7.12. The third-order valence-electron chi connectivity index (χ3n) is 1.32. The quantitative estimate of drug-likeness (QED) is 0.587. The maximum Gasteiger partial charge on any atom is 0.415 e. The monoisotopic (exact) mass is 170 g/mol. The second-order valence-electron chi connectivity index (χ2n) is 3.52. The normalized spacial score (nSPS) is 16.6. The summed E-state index contributed by atoms with van der Waals surface area (Å²) in [6.45, 7) is 4.48. The Bertz CT molecular complexity index is 109. The molecule has 0 radical (unpaired) electrons. The van der Waals surface area contributed by atoms with Crippen molar-refractivity contribution in [3.63, 3.8) is 0 Å². The van der Waals surface area contributed by atoms with E-state index in [-0.39, 0.29) is 0 Å². The van der Waals surface area contributed by atoms with Crippen LogP contribution >= 0.6 is 0 Å². The smallest absolute Gasteiger partial charge is 0.371 e. The largest absolute Gasteiger partial charge is 0.415 e. The van der Waals surface area contributed by atoms with Gasteiger partial charge in [0.2, 0.25) is 0 Å². The molecule has 11 heavy (non-hydrogen) atoms. The van der Waals surface area contributed by atoms with E-state index in [0.29, 0.717) is 0 Å². The second-order valence-corrected chi connectivity index (χ2v) is 3.52. The highest BCUT2D eigenvalue weighted by Crippen LogP contribution is 2.35. The second kappa shape index (κ2) is 3.01. The van der Waals surface area contributed by atoms with Gasteiger partial charge < -0.3 is 4.74 Å². The lowest BCUT2D eigenvalue weighted by molar-refractivity contribution is -0.240. The van der Waals surface area contributed by atoms with Crippen LogP contribution in [0.25, 0.3) is 0 Å². The fourth-order valence-corrected chi connectivity index (χ4v) is 0.978. The van der Waals surface area contributed by atoms with Gasteiger partial charge in [0.05, 0.1) is 0 Å². The van der Waals surface area contributed by atoms with Crippen LogP contribution in [0.4, 0.5) is 13.2 Å². The number of hydrogen-bond donors (Lipinski definition) is 0. The summed E-state index contributed by atoms with van der Waals surface area (Å²) in [7, 11) is 1.07. The lowest BCUT2D eigenvalue weighted by Gasteiger charge is -2.30. The Morgan fingerprint density at radius 2 is 1.45 bits per heavy atom. The zero-order valence-corrected chi connectivity index (χ0v) is 7.12. The first kappa shape index (κ1) is 10.8. The van der Waals surface area contributed by atoms with Crippen molar-refractivity contribution in [3.8, 4) is 0 Å². The lowest BCUT2D eigenvalue weighted by Crippen LogP contribution is -2.41. The van der Waals surface area contributed by atoms with Crippen LogP contribution in [0.1, 0.15) is 20.8 Å². The summed E-state index contributed by atoms with van der Waals surface area (Å²) in [6, 6.07) is 0. The molecule has 0 fully saturated rings. The summed E-state index contributed by atoms with van der Waals surface area (Å²) in [6.07, 6.45) is -5.96. The van der Waals surface area contributed by atoms with Crippen molar-refractivity contribution in [3.05, 3.63) is 0 Å². The topological polar surface area (TPSA) is 9.23 Å². The van der Waals surface area contributed by atoms with Crippen molar-refractivity contribution in [2.45, 2.75) is 33.1 Å². The van der Waals surface area contributed by atoms with E-state index < -0.39 is 17.7 Å². The first-order valence-electron chi connectivity index (χ1n) is 3.29. The molecule has 0 saturated heterocycles. The van der Waals surface area contributed by atoms with Crippen LogP contribution in [-0.4, -0.2) is 19.4 Å². The SMILES string of the molecule is CO[C@@H](C(C)(C)C)C(F)(F)F. The van der Waals surface area contributed by atoms with E-state index in [1.54, 1.807) is 0 Å². The summed E-state index contributed by atoms with van der Waals surface area (Å²) >= 11 is 0. The first-order chi connectivity index (χ1) is 4.69. The summed E-state index contributed by atoms with van der Waals surface area (Å²) in [5.74, 6) is 0. The number of rotatable bonds is 1. The lowest BCUT2D eigenvalue weighted by atomic mass is 9.89. The molecule has 0 aromatic carbocycles. The minimum absolute atomic E-state index is 0.896. The van der Waals surface area contributed by atoms with Gasteiger partial charge in [0.1, 0.15) is 0 Å². The molecule has 0 heterocycles. The molecule has 4 heteroatoms. The van der Waals surface area contributed by atoms with E-state index in [1.165, 1.54) is 20.8 Å². The molecule has 0 bridgehead atoms. The molecule has 0 amide bonds. The molecule has 0 aromatic heterocycles. The maximum atomic E-state index is 12.1. The average molecular weight is 170 g/mol. The van der Waals surface area contributed by atoms with E-state index >= 15 is 0 Å². The molecule has 1 atom stereocenters. The summed E-state index contributed by atoms with van der Waals surface area (Å²) in [5, 5.41) is 0. The molecule has 0 aliphatic carbocycles. The van der Waals surface area contributed by atoms with Crippen molar-refractivity contribution in [2.75, 3.05) is 7.11 Å². The highest BCUT2D eigenvalue weighted by molar-refractivity contribution is 4.80. The predicted octanol–water partition coefficient (Wildman–Crippen LogP) is 2.61. The Hall–Kier alpha value is -0.250. The van der Waals surface area contributed by atoms with E-state index in [2.05, 4.69) is 4.74 Å². The van der Waals surface area contributed by atoms with E-state index in [1.807, 2.05) is 0 Å². The van der Waals surface area contributed by atoms with Crippen molar-refractivity contribution in [2.24, 2.45) is 5.41 Å². The van der Waals surface area contributed by atoms with E-state index in [0.717, 1.165) is 7.11 Å². The predicted molar refractivity (Wildman–Crippen MR) is 36.3 cm³/mol. The number of halogens is 3. The minimum atomic E-state index is -4.27. The van der Waals surface area contributed by atoms with E-state index in [9.17, 15) is 13.2 Å². The van der Waals surface area contributed by atoms with Gasteiger partial charge in [-0.15, -0.1) is 0 Å². The summed E-state index contributed by atoms with van der Waals surface area (Å²) < 4.78 is 40.6. The van der Waals surface area contributed by atoms with Crippen LogP contribution in [-0.2, 0) is 4.74 Å². The van der Waals surface area contributed by atoms with Gasteiger partial charge in [-0.3, -0.25) is 0 Å². The van der Waals surface area contributed by atoms with Gasteiger partial charge in [-0.05, 0) is 5.41 Å². The molecular weight excluding hydrogens is 157 g/mol. The van der Waals surface area contributed by atoms with E-state index in [4.69, 9.17) is 0 Å². The average Bonchev–Trinajstić information content (AvgIpc) is 1.56. The van der Waals surface area contributed by atoms with Gasteiger partial charge in [0.15, 0.2) is 6.10 Å². The molecular formula is C7H13F3O. The third kappa shape index (κ3) is 3.10. The molecule has 1 nitrogen and oxygen atoms in total. The minimum Gasteiger partial charge on any atom is -0.371 e. The van der Waals surface area contributed by atoms with Gasteiger partial charge in [-0.1, -0.05) is 20.8 Å². The Morgan fingerprint density at radius 1 is 1.09 bits per heavy atom. The van der Waals surface area contributed by atoms with Crippen LogP contribution in [0.15, 0.2) is 0 Å². The molecule has 0 spiro atoms. The molecule has 0 N–H and O–H groups in total. The third-order valence-corrected chi connectivity index (χ3v) is 1.32. The fourth-order valence-electron chi connectivity index (χ4n) is 0.978. The Kier molecular flexibility index (Phi) is 2.94. The Labute approximate surface area is 64.5 Å². The van der Waals surface area contributed by atoms with Gasteiger partial charge in [0, 0.05) is 7.11 Å². The molecule has 0 aliphatic heterocycles. The fraction of sp³-hybridized carbons (Fsp3) is 1.00. The van der Waals surface area contributed by atoms with Crippen molar-refractivity contribution in [1.29, 1.82) is 0 Å². The summed E-state index contributed by atoms with van der Waals surface area (Å²) in [4.78, 5) is 0. The number of methoxy groups -OCH3 is 1. The zero-order chi connectivity index (χ0) is 9.28. The molecule has 0 unspecified atom stereocenters. The van der Waals surface area contributed by atoms with Crippen LogP contribution in [0.5, 0.6) is 0 Å². The van der Waals surface area contributed by atoms with Crippen LogP contribution in [0, 0.1) is 5.41 Å². The van der Waals surface area contributed by atoms with Gasteiger partial charge in [-0.2, -0.15) is 13.2 Å². The molecule has 0 rings (SSSR count). The summed E-state index contributed by atoms with van der Waals surface area (Å²) in [5.41, 5.74) is -0.896. The first-order valence-corrected chi connectivity index (χ1v) is 3.29. The maximum absolute atomic E-state index is 12.1. The molecule has 0 aromatic rings. The van der Waals surface area contributed by atoms with Gasteiger partial charge >= 0.3 is 6.18 Å². The molecule has 0 aliphatic rings. The standard InChI is InChI=1S/C7H13F3O/c1-6(2,3)5(11-4)7(8,9)10/h5H,1-4H3/t5-/m0/s1. The van der Waals surface area contributed by atoms with Gasteiger partial charge in [0.25, 0.3) is 0 Å². The van der Waals surface area contributed by atoms with Crippen molar-refractivity contribution < 1.29 is 17.9 Å². The van der Waals surface area contributed by atoms with Crippen LogP contribution < -0.4 is 0 Å². The Balaban J connectivity index is 4.43. The Morgan fingerprint density at radius 3 is 1.45 bits per heavy atom.